The summed E-state index contributed by atoms with van der Waals surface area (Å²) >= 11 is 4.04. The van der Waals surface area contributed by atoms with E-state index < -0.39 is 41.8 Å². The number of imidazole rings is 1. The Labute approximate surface area is 179 Å². The van der Waals surface area contributed by atoms with Crippen molar-refractivity contribution in [2.45, 2.75) is 43.8 Å². The zero-order chi connectivity index (χ0) is 22.5. The Morgan fingerprint density at radius 1 is 1.07 bits per heavy atom. The van der Waals surface area contributed by atoms with Crippen LogP contribution in [0.5, 0.6) is 0 Å². The van der Waals surface area contributed by atoms with Gasteiger partial charge in [-0.15, -0.1) is 0 Å². The average Bonchev–Trinajstić information content (AvgIpc) is 3.23. The SMILES string of the molecule is NCCCCC(NC(=O)C(CS)NC(=O)CN)C(=O)NC(Cc1cnc[nH]1)C(=O)O. The number of carbonyl (C=O) groups is 4. The predicted molar refractivity (Wildman–Crippen MR) is 112 cm³/mol. The second-order valence-corrected chi connectivity index (χ2v) is 6.90. The van der Waals surface area contributed by atoms with E-state index in [-0.39, 0.29) is 25.1 Å². The molecule has 0 aliphatic rings. The summed E-state index contributed by atoms with van der Waals surface area (Å²) in [6.45, 7) is 0.109. The van der Waals surface area contributed by atoms with Gasteiger partial charge in [-0.2, -0.15) is 12.6 Å². The second kappa shape index (κ2) is 13.6. The summed E-state index contributed by atoms with van der Waals surface area (Å²) in [6.07, 6.45) is 4.26. The zero-order valence-corrected chi connectivity index (χ0v) is 17.4. The molecule has 1 heterocycles. The van der Waals surface area contributed by atoms with Gasteiger partial charge < -0.3 is 37.5 Å². The van der Waals surface area contributed by atoms with Gasteiger partial charge in [-0.3, -0.25) is 14.4 Å². The summed E-state index contributed by atoms with van der Waals surface area (Å²) in [6, 6.07) is -3.22. The summed E-state index contributed by atoms with van der Waals surface area (Å²) in [4.78, 5) is 54.9. The Morgan fingerprint density at radius 2 is 1.73 bits per heavy atom. The van der Waals surface area contributed by atoms with Crippen LogP contribution in [0, 0.1) is 0 Å². The van der Waals surface area contributed by atoms with Crippen LogP contribution in [0.1, 0.15) is 25.0 Å². The van der Waals surface area contributed by atoms with Crippen molar-refractivity contribution in [1.29, 1.82) is 0 Å². The van der Waals surface area contributed by atoms with Crippen LogP contribution in [0.25, 0.3) is 0 Å². The summed E-state index contributed by atoms with van der Waals surface area (Å²) in [7, 11) is 0. The molecular weight excluding hydrogens is 414 g/mol. The van der Waals surface area contributed by atoms with Crippen LogP contribution in [0.4, 0.5) is 0 Å². The molecule has 0 bridgehead atoms. The molecule has 1 rings (SSSR count). The third kappa shape index (κ3) is 8.80. The molecule has 1 aromatic heterocycles. The van der Waals surface area contributed by atoms with E-state index in [2.05, 4.69) is 38.5 Å². The van der Waals surface area contributed by atoms with E-state index in [0.29, 0.717) is 25.1 Å². The van der Waals surface area contributed by atoms with Gasteiger partial charge in [0.2, 0.25) is 17.7 Å². The molecule has 168 valence electrons. The molecule has 0 spiro atoms. The van der Waals surface area contributed by atoms with Crippen molar-refractivity contribution in [3.05, 3.63) is 18.2 Å². The molecule has 3 unspecified atom stereocenters. The molecule has 0 saturated carbocycles. The lowest BCUT2D eigenvalue weighted by atomic mass is 10.1. The van der Waals surface area contributed by atoms with Gasteiger partial charge in [-0.05, 0) is 25.8 Å². The third-order valence-electron chi connectivity index (χ3n) is 4.19. The molecule has 0 aromatic carbocycles. The number of rotatable bonds is 14. The fourth-order valence-electron chi connectivity index (χ4n) is 2.57. The van der Waals surface area contributed by atoms with Crippen molar-refractivity contribution < 1.29 is 24.3 Å². The number of carbonyl (C=O) groups excluding carboxylic acids is 3. The smallest absolute Gasteiger partial charge is 0.326 e. The van der Waals surface area contributed by atoms with Gasteiger partial charge in [-0.25, -0.2) is 9.78 Å². The summed E-state index contributed by atoms with van der Waals surface area (Å²) < 4.78 is 0. The van der Waals surface area contributed by atoms with E-state index in [0.717, 1.165) is 0 Å². The van der Waals surface area contributed by atoms with Crippen molar-refractivity contribution in [3.8, 4) is 0 Å². The Balaban J connectivity index is 2.85. The summed E-state index contributed by atoms with van der Waals surface area (Å²) in [5.74, 6) is -3.06. The molecule has 3 atom stereocenters. The maximum absolute atomic E-state index is 12.7. The largest absolute Gasteiger partial charge is 0.480 e. The Hall–Kier alpha value is -2.64. The number of aromatic amines is 1. The summed E-state index contributed by atoms with van der Waals surface area (Å²) in [5.41, 5.74) is 11.3. The minimum absolute atomic E-state index is 0.00361. The number of carboxylic acids is 1. The van der Waals surface area contributed by atoms with E-state index in [1.807, 2.05) is 0 Å². The fourth-order valence-corrected chi connectivity index (χ4v) is 2.83. The molecular formula is C17H29N7O5S. The number of hydrogen-bond donors (Lipinski definition) is 8. The molecule has 3 amide bonds. The van der Waals surface area contributed by atoms with Gasteiger partial charge in [0.05, 0.1) is 12.9 Å². The highest BCUT2D eigenvalue weighted by atomic mass is 32.1. The standard InChI is InChI=1S/C17H29N7O5S/c18-4-2-1-3-11(23-16(27)13(8-30)22-14(25)6-19)15(26)24-12(17(28)29)5-10-7-20-9-21-10/h7,9,11-13,30H,1-6,8,18-19H2,(H,20,21)(H,22,25)(H,23,27)(H,24,26)(H,28,29). The fraction of sp³-hybridized carbons (Fsp3) is 0.588. The highest BCUT2D eigenvalue weighted by molar-refractivity contribution is 7.80. The van der Waals surface area contributed by atoms with Crippen molar-refractivity contribution >= 4 is 36.3 Å². The van der Waals surface area contributed by atoms with Crippen molar-refractivity contribution in [2.75, 3.05) is 18.8 Å². The number of nitrogens with one attached hydrogen (secondary N) is 4. The lowest BCUT2D eigenvalue weighted by Gasteiger charge is -2.24. The minimum atomic E-state index is -1.23. The number of thiol groups is 1. The number of aromatic nitrogens is 2. The topological polar surface area (TPSA) is 205 Å². The number of aliphatic carboxylic acids is 1. The zero-order valence-electron chi connectivity index (χ0n) is 16.5. The number of nitrogens with two attached hydrogens (primary N) is 2. The van der Waals surface area contributed by atoms with E-state index in [4.69, 9.17) is 11.5 Å². The third-order valence-corrected chi connectivity index (χ3v) is 4.56. The van der Waals surface area contributed by atoms with Gasteiger partial charge in [0.1, 0.15) is 18.1 Å². The van der Waals surface area contributed by atoms with Crippen molar-refractivity contribution in [2.24, 2.45) is 11.5 Å². The van der Waals surface area contributed by atoms with Crippen LogP contribution in [0.2, 0.25) is 0 Å². The first-order chi connectivity index (χ1) is 14.3. The minimum Gasteiger partial charge on any atom is -0.480 e. The molecule has 12 nitrogen and oxygen atoms in total. The van der Waals surface area contributed by atoms with Gasteiger partial charge >= 0.3 is 5.97 Å². The molecule has 0 aliphatic heterocycles. The normalized spacial score (nSPS) is 13.7. The number of nitrogens with zero attached hydrogens (tertiary/aromatic N) is 1. The number of amides is 3. The van der Waals surface area contributed by atoms with Crippen molar-refractivity contribution in [3.63, 3.8) is 0 Å². The number of H-pyrrole nitrogens is 1. The van der Waals surface area contributed by atoms with Crippen LogP contribution < -0.4 is 27.4 Å². The van der Waals surface area contributed by atoms with Crippen LogP contribution in [-0.4, -0.2) is 75.7 Å². The second-order valence-electron chi connectivity index (χ2n) is 6.53. The predicted octanol–water partition coefficient (Wildman–Crippen LogP) is -2.49. The van der Waals surface area contributed by atoms with Crippen LogP contribution in [0.15, 0.2) is 12.5 Å². The average molecular weight is 444 g/mol. The van der Waals surface area contributed by atoms with E-state index >= 15 is 0 Å². The van der Waals surface area contributed by atoms with Crippen LogP contribution in [0.3, 0.4) is 0 Å². The molecule has 30 heavy (non-hydrogen) atoms. The van der Waals surface area contributed by atoms with Gasteiger partial charge in [0, 0.05) is 24.1 Å². The van der Waals surface area contributed by atoms with Gasteiger partial charge in [0.15, 0.2) is 0 Å². The highest BCUT2D eigenvalue weighted by Gasteiger charge is 2.29. The molecule has 0 aliphatic carbocycles. The first-order valence-corrected chi connectivity index (χ1v) is 10.1. The molecule has 1 aromatic rings. The van der Waals surface area contributed by atoms with Gasteiger partial charge in [-0.1, -0.05) is 0 Å². The number of carboxylic acid groups (broad SMARTS) is 1. The van der Waals surface area contributed by atoms with Crippen molar-refractivity contribution in [1.82, 2.24) is 25.9 Å². The maximum Gasteiger partial charge on any atom is 0.326 e. The van der Waals surface area contributed by atoms with Crippen LogP contribution >= 0.6 is 12.6 Å². The lowest BCUT2D eigenvalue weighted by Crippen LogP contribution is -2.57. The quantitative estimate of drug-likeness (QED) is 0.114. The molecule has 0 radical (unpaired) electrons. The van der Waals surface area contributed by atoms with Gasteiger partial charge in [0.25, 0.3) is 0 Å². The number of hydrogen-bond acceptors (Lipinski definition) is 8. The molecule has 0 saturated heterocycles. The first kappa shape index (κ1) is 25.4. The van der Waals surface area contributed by atoms with E-state index in [1.54, 1.807) is 0 Å². The highest BCUT2D eigenvalue weighted by Crippen LogP contribution is 2.05. The maximum atomic E-state index is 12.7. The Kier molecular flexibility index (Phi) is 11.5. The summed E-state index contributed by atoms with van der Waals surface area (Å²) in [5, 5.41) is 16.8. The monoisotopic (exact) mass is 443 g/mol. The molecule has 13 heteroatoms. The Bertz CT molecular complexity index is 701. The molecule has 9 N–H and O–H groups in total. The first-order valence-electron chi connectivity index (χ1n) is 9.43. The molecule has 0 fully saturated rings. The van der Waals surface area contributed by atoms with Crippen LogP contribution in [-0.2, 0) is 25.6 Å². The van der Waals surface area contributed by atoms with E-state index in [1.165, 1.54) is 12.5 Å². The Morgan fingerprint density at radius 3 is 2.27 bits per heavy atom. The number of unbranched alkanes of at least 4 members (excludes halogenated alkanes) is 1. The lowest BCUT2D eigenvalue weighted by molar-refractivity contribution is -0.142. The van der Waals surface area contributed by atoms with E-state index in [9.17, 15) is 24.3 Å².